The highest BCUT2D eigenvalue weighted by Crippen LogP contribution is 2.20. The van der Waals surface area contributed by atoms with E-state index in [1.807, 2.05) is 0 Å². The van der Waals surface area contributed by atoms with Crippen molar-refractivity contribution in [2.24, 2.45) is 0 Å². The Kier molecular flexibility index (Phi) is 14.3. The maximum Gasteiger partial charge on any atom is 0.160 e. The number of hydrogen-bond acceptors (Lipinski definition) is 6. The van der Waals surface area contributed by atoms with E-state index in [9.17, 15) is 15.3 Å². The quantitative estimate of drug-likeness (QED) is 0.284. The van der Waals surface area contributed by atoms with Gasteiger partial charge in [-0.3, -0.25) is 0 Å². The Hall–Kier alpha value is -0.270. The number of rotatable bonds is 15. The van der Waals surface area contributed by atoms with Crippen LogP contribution in [-0.4, -0.2) is 58.0 Å². The third-order valence-corrected chi connectivity index (χ3v) is 5.56. The third kappa shape index (κ3) is 10.7. The summed E-state index contributed by atoms with van der Waals surface area (Å²) < 4.78 is 10.9. The number of ether oxygens (including phenoxy) is 2. The van der Waals surface area contributed by atoms with E-state index in [1.165, 1.54) is 64.2 Å². The van der Waals surface area contributed by atoms with Gasteiger partial charge in [0, 0.05) is 6.42 Å². The lowest BCUT2D eigenvalue weighted by molar-refractivity contribution is -0.190. The number of thiocarbonyl (C=S) groups is 1. The molecule has 1 aliphatic rings. The summed E-state index contributed by atoms with van der Waals surface area (Å²) in [6.45, 7) is 1.98. The molecule has 0 aromatic heterocycles. The van der Waals surface area contributed by atoms with Gasteiger partial charge in [0.25, 0.3) is 0 Å². The van der Waals surface area contributed by atoms with Crippen LogP contribution in [-0.2, 0) is 9.47 Å². The summed E-state index contributed by atoms with van der Waals surface area (Å²) in [5, 5.41) is 29.5. The van der Waals surface area contributed by atoms with Crippen molar-refractivity contribution >= 4 is 17.3 Å². The third-order valence-electron chi connectivity index (χ3n) is 5.26. The van der Waals surface area contributed by atoms with E-state index in [0.717, 1.165) is 12.8 Å². The predicted octanol–water partition coefficient (Wildman–Crippen LogP) is 3.90. The number of aliphatic hydroxyl groups is 3. The summed E-state index contributed by atoms with van der Waals surface area (Å²) in [6.07, 6.45) is 12.6. The van der Waals surface area contributed by atoms with Crippen LogP contribution in [0.4, 0.5) is 0 Å². The van der Waals surface area contributed by atoms with Crippen LogP contribution in [0, 0.1) is 0 Å². The Morgan fingerprint density at radius 2 is 1.44 bits per heavy atom. The molecule has 0 aliphatic carbocycles. The predicted molar refractivity (Wildman–Crippen MR) is 112 cm³/mol. The highest BCUT2D eigenvalue weighted by Gasteiger charge is 2.40. The number of aliphatic hydroxyl groups excluding tert-OH is 3. The van der Waals surface area contributed by atoms with Crippen molar-refractivity contribution in [3.63, 3.8) is 0 Å². The largest absolute Gasteiger partial charge is 0.478 e. The summed E-state index contributed by atoms with van der Waals surface area (Å²) in [5.74, 6) is 0. The smallest absolute Gasteiger partial charge is 0.160 e. The Balaban J connectivity index is 2.01. The molecule has 6 heteroatoms. The molecule has 3 N–H and O–H groups in total. The van der Waals surface area contributed by atoms with Crippen LogP contribution >= 0.6 is 12.2 Å². The van der Waals surface area contributed by atoms with Gasteiger partial charge in [0.1, 0.15) is 18.3 Å². The lowest BCUT2D eigenvalue weighted by Crippen LogP contribution is -2.55. The Bertz CT molecular complexity index is 378. The second-order valence-electron chi connectivity index (χ2n) is 7.71. The zero-order valence-corrected chi connectivity index (χ0v) is 17.8. The first kappa shape index (κ1) is 24.8. The second kappa shape index (κ2) is 15.6. The second-order valence-corrected chi connectivity index (χ2v) is 8.16. The molecule has 160 valence electrons. The Morgan fingerprint density at radius 3 is 1.96 bits per heavy atom. The first-order valence-electron chi connectivity index (χ1n) is 10.9. The number of hydrogen-bond donors (Lipinski definition) is 3. The van der Waals surface area contributed by atoms with Crippen LogP contribution in [0.2, 0.25) is 0 Å². The lowest BCUT2D eigenvalue weighted by Gasteiger charge is -2.37. The fourth-order valence-corrected chi connectivity index (χ4v) is 3.73. The van der Waals surface area contributed by atoms with Gasteiger partial charge in [-0.1, -0.05) is 77.6 Å². The van der Waals surface area contributed by atoms with Crippen LogP contribution in [0.1, 0.15) is 90.4 Å². The molecule has 1 saturated heterocycles. The van der Waals surface area contributed by atoms with E-state index in [2.05, 4.69) is 6.92 Å². The highest BCUT2D eigenvalue weighted by molar-refractivity contribution is 7.80. The van der Waals surface area contributed by atoms with Crippen LogP contribution in [0.5, 0.6) is 0 Å². The zero-order chi connectivity index (χ0) is 19.9. The van der Waals surface area contributed by atoms with Gasteiger partial charge >= 0.3 is 0 Å². The molecule has 0 aromatic rings. The molecule has 0 saturated carbocycles. The van der Waals surface area contributed by atoms with Crippen molar-refractivity contribution in [1.29, 1.82) is 0 Å². The molecule has 0 bridgehead atoms. The van der Waals surface area contributed by atoms with Gasteiger partial charge in [0.05, 0.1) is 13.2 Å². The molecule has 4 atom stereocenters. The van der Waals surface area contributed by atoms with E-state index in [1.54, 1.807) is 0 Å². The van der Waals surface area contributed by atoms with Crippen molar-refractivity contribution in [3.8, 4) is 0 Å². The average Bonchev–Trinajstić information content (AvgIpc) is 2.66. The van der Waals surface area contributed by atoms with Gasteiger partial charge in [0.2, 0.25) is 0 Å². The lowest BCUT2D eigenvalue weighted by atomic mass is 10.0. The van der Waals surface area contributed by atoms with E-state index in [4.69, 9.17) is 21.7 Å². The van der Waals surface area contributed by atoms with E-state index in [0.29, 0.717) is 11.5 Å². The van der Waals surface area contributed by atoms with Gasteiger partial charge < -0.3 is 24.8 Å². The summed E-state index contributed by atoms with van der Waals surface area (Å²) in [4.78, 5) is 0. The summed E-state index contributed by atoms with van der Waals surface area (Å²) in [7, 11) is 0. The molecule has 0 spiro atoms. The molecule has 0 radical (unpaired) electrons. The molecule has 0 amide bonds. The van der Waals surface area contributed by atoms with Crippen molar-refractivity contribution < 1.29 is 24.8 Å². The summed E-state index contributed by atoms with van der Waals surface area (Å²) in [6, 6.07) is 0. The normalized spacial score (nSPS) is 25.5. The molecule has 1 rings (SSSR count). The molecular weight excluding hydrogens is 364 g/mol. The molecule has 27 heavy (non-hydrogen) atoms. The topological polar surface area (TPSA) is 79.2 Å². The SMILES string of the molecule is CCCCCCCCCCCCCCC(=S)O[C@H]1[C@H](O)[C@@H](O)CO[C@@H]1CO. The Labute approximate surface area is 170 Å². The average molecular weight is 405 g/mol. The molecule has 1 heterocycles. The Morgan fingerprint density at radius 1 is 0.926 bits per heavy atom. The van der Waals surface area contributed by atoms with Crippen molar-refractivity contribution in [1.82, 2.24) is 0 Å². The van der Waals surface area contributed by atoms with Crippen LogP contribution in [0.3, 0.4) is 0 Å². The van der Waals surface area contributed by atoms with Gasteiger partial charge in [-0.25, -0.2) is 0 Å². The van der Waals surface area contributed by atoms with Gasteiger partial charge in [0.15, 0.2) is 11.2 Å². The summed E-state index contributed by atoms with van der Waals surface area (Å²) in [5.41, 5.74) is 0. The summed E-state index contributed by atoms with van der Waals surface area (Å²) >= 11 is 5.25. The van der Waals surface area contributed by atoms with E-state index in [-0.39, 0.29) is 13.2 Å². The fraction of sp³-hybridized carbons (Fsp3) is 0.952. The standard InChI is InChI=1S/C21H40O5S/c1-2-3-4-5-6-7-8-9-10-11-12-13-14-19(27)26-21-18(15-22)25-16-17(23)20(21)24/h17-18,20-24H,2-16H2,1H3/t17-,18+,20+,21+/m0/s1. The minimum Gasteiger partial charge on any atom is -0.478 e. The molecular formula is C21H40O5S. The molecule has 5 nitrogen and oxygen atoms in total. The van der Waals surface area contributed by atoms with Crippen LogP contribution in [0.15, 0.2) is 0 Å². The zero-order valence-electron chi connectivity index (χ0n) is 17.0. The van der Waals surface area contributed by atoms with Gasteiger partial charge in [-0.2, -0.15) is 0 Å². The first-order chi connectivity index (χ1) is 13.1. The maximum absolute atomic E-state index is 10.0. The molecule has 1 fully saturated rings. The van der Waals surface area contributed by atoms with Gasteiger partial charge in [-0.05, 0) is 18.6 Å². The minimum atomic E-state index is -1.09. The van der Waals surface area contributed by atoms with E-state index < -0.39 is 24.4 Å². The van der Waals surface area contributed by atoms with Crippen LogP contribution < -0.4 is 0 Å². The van der Waals surface area contributed by atoms with Crippen molar-refractivity contribution in [3.05, 3.63) is 0 Å². The monoisotopic (exact) mass is 404 g/mol. The van der Waals surface area contributed by atoms with Crippen molar-refractivity contribution in [2.75, 3.05) is 13.2 Å². The van der Waals surface area contributed by atoms with Gasteiger partial charge in [-0.15, -0.1) is 0 Å². The van der Waals surface area contributed by atoms with Crippen LogP contribution in [0.25, 0.3) is 0 Å². The van der Waals surface area contributed by atoms with E-state index >= 15 is 0 Å². The molecule has 1 aliphatic heterocycles. The number of unbranched alkanes of at least 4 members (excludes halogenated alkanes) is 11. The molecule has 0 aromatic carbocycles. The fourth-order valence-electron chi connectivity index (χ4n) is 3.48. The highest BCUT2D eigenvalue weighted by atomic mass is 32.1. The maximum atomic E-state index is 10.0. The minimum absolute atomic E-state index is 0.00223. The van der Waals surface area contributed by atoms with Crippen molar-refractivity contribution in [2.45, 2.75) is 115 Å². The molecule has 0 unspecified atom stereocenters. The first-order valence-corrected chi connectivity index (χ1v) is 11.3.